The predicted molar refractivity (Wildman–Crippen MR) is 122 cm³/mol. The van der Waals surface area contributed by atoms with Crippen LogP contribution in [0.1, 0.15) is 19.0 Å². The van der Waals surface area contributed by atoms with E-state index in [2.05, 4.69) is 16.9 Å². The smallest absolute Gasteiger partial charge is 0.251 e. The first-order chi connectivity index (χ1) is 14.2. The average molecular weight is 426 g/mol. The third-order valence-corrected chi connectivity index (χ3v) is 6.04. The van der Waals surface area contributed by atoms with Crippen LogP contribution in [0.3, 0.4) is 0 Å². The van der Waals surface area contributed by atoms with Gasteiger partial charge in [0, 0.05) is 23.2 Å². The molecule has 0 aliphatic rings. The molecule has 0 aliphatic heterocycles. The van der Waals surface area contributed by atoms with Crippen LogP contribution in [0.15, 0.2) is 76.7 Å². The minimum absolute atomic E-state index is 0.0826. The fourth-order valence-corrected chi connectivity index (χ4v) is 4.27. The molecule has 1 amide bonds. The largest absolute Gasteiger partial charge is 0.301 e. The van der Waals surface area contributed by atoms with Crippen LogP contribution in [-0.4, -0.2) is 27.4 Å². The van der Waals surface area contributed by atoms with Crippen molar-refractivity contribution in [3.05, 3.63) is 82.8 Å². The quantitative estimate of drug-likeness (QED) is 0.301. The van der Waals surface area contributed by atoms with Crippen molar-refractivity contribution in [2.75, 3.05) is 16.4 Å². The average Bonchev–Trinajstić information content (AvgIpc) is 2.74. The Hall–Kier alpha value is -2.51. The van der Waals surface area contributed by atoms with Gasteiger partial charge in [-0.15, -0.1) is 0 Å². The van der Waals surface area contributed by atoms with Gasteiger partial charge >= 0.3 is 0 Å². The number of anilines is 2. The molecule has 150 valence electrons. The first-order valence-corrected chi connectivity index (χ1v) is 11.5. The predicted octanol–water partition coefficient (Wildman–Crippen LogP) is 4.87. The Bertz CT molecular complexity index is 939. The highest BCUT2D eigenvalue weighted by Crippen LogP contribution is 2.26. The molecule has 2 aromatic carbocycles. The summed E-state index contributed by atoms with van der Waals surface area (Å²) in [7, 11) is 0. The Morgan fingerprint density at radius 3 is 2.24 bits per heavy atom. The van der Waals surface area contributed by atoms with E-state index >= 15 is 0 Å². The summed E-state index contributed by atoms with van der Waals surface area (Å²) in [6.07, 6.45) is 1.08. The van der Waals surface area contributed by atoms with Gasteiger partial charge in [-0.3, -0.25) is 14.5 Å². The number of carbonyl (C=O) groups is 1. The molecule has 3 aromatic rings. The van der Waals surface area contributed by atoms with Crippen LogP contribution < -0.4 is 10.5 Å². The molecule has 0 saturated carbocycles. The van der Waals surface area contributed by atoms with Crippen molar-refractivity contribution >= 4 is 40.8 Å². The van der Waals surface area contributed by atoms with E-state index in [1.807, 2.05) is 60.7 Å². The van der Waals surface area contributed by atoms with Gasteiger partial charge in [0.15, 0.2) is 5.16 Å². The molecule has 0 radical (unpaired) electrons. The number of nitrogens with zero attached hydrogens (tertiary/aromatic N) is 2. The van der Waals surface area contributed by atoms with Crippen LogP contribution in [0.25, 0.3) is 0 Å². The van der Waals surface area contributed by atoms with Crippen LogP contribution in [0.2, 0.25) is 0 Å². The fourth-order valence-electron chi connectivity index (χ4n) is 2.73. The minimum Gasteiger partial charge on any atom is -0.301 e. The third-order valence-electron chi connectivity index (χ3n) is 3.98. The number of hydrogen-bond donors (Lipinski definition) is 1. The van der Waals surface area contributed by atoms with Crippen LogP contribution in [0, 0.1) is 0 Å². The van der Waals surface area contributed by atoms with E-state index in [0.717, 1.165) is 29.2 Å². The molecule has 1 heterocycles. The molecule has 0 aliphatic carbocycles. The highest BCUT2D eigenvalue weighted by molar-refractivity contribution is 7.99. The second-order valence-corrected chi connectivity index (χ2v) is 8.35. The molecule has 1 aromatic heterocycles. The van der Waals surface area contributed by atoms with Crippen LogP contribution in [-0.2, 0) is 10.5 Å². The van der Waals surface area contributed by atoms with Gasteiger partial charge in [-0.25, -0.2) is 4.98 Å². The normalized spacial score (nSPS) is 10.7. The van der Waals surface area contributed by atoms with Crippen LogP contribution in [0.4, 0.5) is 11.4 Å². The highest BCUT2D eigenvalue weighted by Gasteiger charge is 2.18. The van der Waals surface area contributed by atoms with Crippen molar-refractivity contribution in [1.29, 1.82) is 0 Å². The van der Waals surface area contributed by atoms with Gasteiger partial charge in [0.25, 0.3) is 5.56 Å². The molecule has 0 unspecified atom stereocenters. The number of hydrogen-bond acceptors (Lipinski definition) is 5. The lowest BCUT2D eigenvalue weighted by Crippen LogP contribution is -2.27. The molecule has 3 rings (SSSR count). The molecule has 0 spiro atoms. The first-order valence-electron chi connectivity index (χ1n) is 9.41. The number of nitrogens with one attached hydrogen (secondary N) is 1. The number of carbonyl (C=O) groups excluding carboxylic acids is 1. The Labute approximate surface area is 179 Å². The summed E-state index contributed by atoms with van der Waals surface area (Å²) in [5.41, 5.74) is 2.15. The van der Waals surface area contributed by atoms with E-state index in [0.29, 0.717) is 10.9 Å². The third kappa shape index (κ3) is 6.24. The van der Waals surface area contributed by atoms with Crippen LogP contribution >= 0.6 is 23.5 Å². The fraction of sp³-hybridized carbons (Fsp3) is 0.227. The van der Waals surface area contributed by atoms with Crippen molar-refractivity contribution in [2.24, 2.45) is 0 Å². The Balaban J connectivity index is 1.75. The van der Waals surface area contributed by atoms with Gasteiger partial charge in [0.2, 0.25) is 5.91 Å². The summed E-state index contributed by atoms with van der Waals surface area (Å²) in [6.45, 7) is 2.12. The molecule has 5 nitrogen and oxygen atoms in total. The zero-order valence-corrected chi connectivity index (χ0v) is 17.8. The summed E-state index contributed by atoms with van der Waals surface area (Å²) in [5, 5.41) is 0.471. The molecule has 0 atom stereocenters. The van der Waals surface area contributed by atoms with E-state index in [9.17, 15) is 9.59 Å². The van der Waals surface area contributed by atoms with E-state index in [1.165, 1.54) is 17.8 Å². The SMILES string of the molecule is CCCSCc1cc(=O)[nH]c(SCC(=O)N(c2ccccc2)c2ccccc2)n1. The summed E-state index contributed by atoms with van der Waals surface area (Å²) >= 11 is 2.99. The van der Waals surface area contributed by atoms with E-state index in [1.54, 1.807) is 16.7 Å². The monoisotopic (exact) mass is 425 g/mol. The molecular formula is C22H23N3O2S2. The molecule has 7 heteroatoms. The zero-order valence-electron chi connectivity index (χ0n) is 16.2. The van der Waals surface area contributed by atoms with Gasteiger partial charge in [0.1, 0.15) is 0 Å². The highest BCUT2D eigenvalue weighted by atomic mass is 32.2. The number of rotatable bonds is 9. The van der Waals surface area contributed by atoms with Gasteiger partial charge in [-0.05, 0) is 36.4 Å². The number of benzene rings is 2. The molecule has 0 saturated heterocycles. The summed E-state index contributed by atoms with van der Waals surface area (Å²) < 4.78 is 0. The van der Waals surface area contributed by atoms with Crippen molar-refractivity contribution in [3.8, 4) is 0 Å². The molecule has 29 heavy (non-hydrogen) atoms. The Kier molecular flexibility index (Phi) is 7.95. The number of para-hydroxylation sites is 2. The van der Waals surface area contributed by atoms with E-state index in [-0.39, 0.29) is 17.2 Å². The Morgan fingerprint density at radius 2 is 1.66 bits per heavy atom. The molecule has 0 fully saturated rings. The van der Waals surface area contributed by atoms with Gasteiger partial charge in [-0.1, -0.05) is 55.1 Å². The lowest BCUT2D eigenvalue weighted by atomic mass is 10.2. The molecule has 1 N–H and O–H groups in total. The number of thioether (sulfide) groups is 2. The Morgan fingerprint density at radius 1 is 1.03 bits per heavy atom. The second kappa shape index (κ2) is 10.9. The van der Waals surface area contributed by atoms with Gasteiger partial charge in [-0.2, -0.15) is 11.8 Å². The van der Waals surface area contributed by atoms with Crippen molar-refractivity contribution in [2.45, 2.75) is 24.3 Å². The molecule has 0 bridgehead atoms. The number of aromatic nitrogens is 2. The van der Waals surface area contributed by atoms with E-state index < -0.39 is 0 Å². The van der Waals surface area contributed by atoms with E-state index in [4.69, 9.17) is 0 Å². The summed E-state index contributed by atoms with van der Waals surface area (Å²) in [4.78, 5) is 33.9. The standard InChI is InChI=1S/C22H23N3O2S2/c1-2-13-28-15-17-14-20(26)24-22(23-17)29-16-21(27)25(18-9-5-3-6-10-18)19-11-7-4-8-12-19/h3-12,14H,2,13,15-16H2,1H3,(H,23,24,26). The maximum atomic E-state index is 13.1. The van der Waals surface area contributed by atoms with Crippen molar-refractivity contribution in [3.63, 3.8) is 0 Å². The van der Waals surface area contributed by atoms with Crippen molar-refractivity contribution < 1.29 is 4.79 Å². The maximum absolute atomic E-state index is 13.1. The lowest BCUT2D eigenvalue weighted by molar-refractivity contribution is -0.115. The summed E-state index contributed by atoms with van der Waals surface area (Å²) in [5.74, 6) is 1.80. The number of H-pyrrole nitrogens is 1. The second-order valence-electron chi connectivity index (χ2n) is 6.28. The minimum atomic E-state index is -0.190. The lowest BCUT2D eigenvalue weighted by Gasteiger charge is -2.22. The number of aromatic amines is 1. The van der Waals surface area contributed by atoms with Gasteiger partial charge < -0.3 is 4.98 Å². The first kappa shape index (κ1) is 21.2. The zero-order chi connectivity index (χ0) is 20.5. The topological polar surface area (TPSA) is 66.1 Å². The van der Waals surface area contributed by atoms with Crippen molar-refractivity contribution in [1.82, 2.24) is 9.97 Å². The van der Waals surface area contributed by atoms with Crippen LogP contribution in [0.5, 0.6) is 0 Å². The maximum Gasteiger partial charge on any atom is 0.251 e. The van der Waals surface area contributed by atoms with Gasteiger partial charge in [0.05, 0.1) is 11.4 Å². The summed E-state index contributed by atoms with van der Waals surface area (Å²) in [6, 6.07) is 20.6. The molecular weight excluding hydrogens is 402 g/mol. The number of amides is 1.